The molecule has 0 bridgehead atoms. The lowest BCUT2D eigenvalue weighted by atomic mass is 10.0. The Labute approximate surface area is 127 Å². The molecule has 0 spiro atoms. The van der Waals surface area contributed by atoms with Crippen molar-refractivity contribution in [3.63, 3.8) is 0 Å². The van der Waals surface area contributed by atoms with Gasteiger partial charge in [-0.05, 0) is 38.5 Å². The van der Waals surface area contributed by atoms with Crippen LogP contribution in [0.1, 0.15) is 51.4 Å². The highest BCUT2D eigenvalue weighted by Crippen LogP contribution is 2.12. The fraction of sp³-hybridized carbons (Fsp3) is 1.00. The molecule has 0 radical (unpaired) electrons. The molecule has 0 unspecified atom stereocenters. The third-order valence-corrected chi connectivity index (χ3v) is 3.73. The fourth-order valence-corrected chi connectivity index (χ4v) is 2.43. The lowest BCUT2D eigenvalue weighted by Crippen LogP contribution is -2.35. The second-order valence-electron chi connectivity index (χ2n) is 8.38. The van der Waals surface area contributed by atoms with Gasteiger partial charge >= 0.3 is 0 Å². The minimum atomic E-state index is -0.0664. The zero-order valence-corrected chi connectivity index (χ0v) is 15.0. The molecule has 0 fully saturated rings. The molecule has 0 saturated heterocycles. The molecular weight excluding hydrogens is 248 g/mol. The monoisotopic (exact) mass is 288 g/mol. The second-order valence-corrected chi connectivity index (χ2v) is 8.38. The van der Waals surface area contributed by atoms with Crippen molar-refractivity contribution in [3.05, 3.63) is 0 Å². The molecule has 0 aliphatic rings. The predicted octanol–water partition coefficient (Wildman–Crippen LogP) is 2.88. The summed E-state index contributed by atoms with van der Waals surface area (Å²) in [7, 11) is 13.4. The maximum absolute atomic E-state index is 9.96. The van der Waals surface area contributed by atoms with Gasteiger partial charge in [0.15, 0.2) is 0 Å². The van der Waals surface area contributed by atoms with E-state index in [-0.39, 0.29) is 6.10 Å². The van der Waals surface area contributed by atoms with Gasteiger partial charge in [0.2, 0.25) is 0 Å². The van der Waals surface area contributed by atoms with Crippen molar-refractivity contribution in [3.8, 4) is 0 Å². The first-order chi connectivity index (χ1) is 9.10. The lowest BCUT2D eigenvalue weighted by molar-refractivity contribution is -0.870. The predicted molar refractivity (Wildman–Crippen MR) is 88.7 cm³/mol. The van der Waals surface area contributed by atoms with Gasteiger partial charge in [0.05, 0.1) is 61.5 Å². The SMILES string of the molecule is C[N+](C)(C)CCCCCC(O)CCCCC[N+](C)(C)C. The van der Waals surface area contributed by atoms with Crippen molar-refractivity contribution in [1.29, 1.82) is 0 Å². The number of nitrogens with zero attached hydrogens (tertiary/aromatic N) is 2. The molecule has 0 amide bonds. The number of rotatable bonds is 12. The minimum absolute atomic E-state index is 0.0664. The zero-order valence-electron chi connectivity index (χ0n) is 15.0. The molecule has 0 atom stereocenters. The first-order valence-electron chi connectivity index (χ1n) is 8.39. The summed E-state index contributed by atoms with van der Waals surface area (Å²) in [5.74, 6) is 0. The second kappa shape index (κ2) is 9.75. The van der Waals surface area contributed by atoms with Gasteiger partial charge in [0.25, 0.3) is 0 Å². The molecule has 0 heterocycles. The molecule has 0 aliphatic heterocycles. The third kappa shape index (κ3) is 15.9. The van der Waals surface area contributed by atoms with Crippen molar-refractivity contribution in [2.45, 2.75) is 57.5 Å². The molecule has 1 N–H and O–H groups in total. The number of quaternary nitrogens is 2. The number of aliphatic hydroxyl groups excluding tert-OH is 1. The van der Waals surface area contributed by atoms with Crippen LogP contribution in [0.3, 0.4) is 0 Å². The summed E-state index contributed by atoms with van der Waals surface area (Å²) >= 11 is 0. The zero-order chi connectivity index (χ0) is 15.6. The molecule has 0 aromatic heterocycles. The van der Waals surface area contributed by atoms with Crippen molar-refractivity contribution in [2.75, 3.05) is 55.4 Å². The Hall–Kier alpha value is -0.120. The topological polar surface area (TPSA) is 20.2 Å². The Morgan fingerprint density at radius 1 is 0.600 bits per heavy atom. The molecule has 122 valence electrons. The van der Waals surface area contributed by atoms with Crippen LogP contribution in [0.15, 0.2) is 0 Å². The van der Waals surface area contributed by atoms with Crippen molar-refractivity contribution in [2.24, 2.45) is 0 Å². The van der Waals surface area contributed by atoms with Gasteiger partial charge in [-0.25, -0.2) is 0 Å². The van der Waals surface area contributed by atoms with E-state index in [1.54, 1.807) is 0 Å². The summed E-state index contributed by atoms with van der Waals surface area (Å²) in [5, 5.41) is 9.96. The van der Waals surface area contributed by atoms with Gasteiger partial charge in [-0.3, -0.25) is 0 Å². The largest absolute Gasteiger partial charge is 0.393 e. The minimum Gasteiger partial charge on any atom is -0.393 e. The average Bonchev–Trinajstić information content (AvgIpc) is 2.25. The maximum atomic E-state index is 9.96. The van der Waals surface area contributed by atoms with Gasteiger partial charge in [-0.15, -0.1) is 0 Å². The fourth-order valence-electron chi connectivity index (χ4n) is 2.43. The van der Waals surface area contributed by atoms with E-state index in [2.05, 4.69) is 42.3 Å². The Balaban J connectivity index is 3.35. The van der Waals surface area contributed by atoms with Crippen LogP contribution in [0.25, 0.3) is 0 Å². The standard InChI is InChI=1S/C17H40N2O/c1-18(2,3)15-11-7-9-13-17(20)14-10-8-12-16-19(4,5)6/h17,20H,7-16H2,1-6H3/q+2. The van der Waals surface area contributed by atoms with Crippen molar-refractivity contribution < 1.29 is 14.1 Å². The molecule has 0 rings (SSSR count). The summed E-state index contributed by atoms with van der Waals surface area (Å²) < 4.78 is 2.10. The van der Waals surface area contributed by atoms with E-state index in [1.807, 2.05) is 0 Å². The van der Waals surface area contributed by atoms with Crippen LogP contribution in [-0.4, -0.2) is 75.6 Å². The molecule has 3 heteroatoms. The highest BCUT2D eigenvalue weighted by molar-refractivity contribution is 4.57. The highest BCUT2D eigenvalue weighted by Gasteiger charge is 2.09. The Bertz CT molecular complexity index is 204. The molecule has 3 nitrogen and oxygen atoms in total. The van der Waals surface area contributed by atoms with Crippen molar-refractivity contribution in [1.82, 2.24) is 0 Å². The van der Waals surface area contributed by atoms with Gasteiger partial charge in [-0.2, -0.15) is 0 Å². The first kappa shape index (κ1) is 19.9. The van der Waals surface area contributed by atoms with E-state index >= 15 is 0 Å². The van der Waals surface area contributed by atoms with Crippen LogP contribution >= 0.6 is 0 Å². The average molecular weight is 289 g/mol. The van der Waals surface area contributed by atoms with E-state index in [0.29, 0.717) is 0 Å². The summed E-state index contributed by atoms with van der Waals surface area (Å²) in [5.41, 5.74) is 0. The number of unbranched alkanes of at least 4 members (excludes halogenated alkanes) is 4. The summed E-state index contributed by atoms with van der Waals surface area (Å²) in [6.07, 6.45) is 9.35. The Morgan fingerprint density at radius 2 is 0.950 bits per heavy atom. The smallest absolute Gasteiger partial charge is 0.0780 e. The Kier molecular flexibility index (Phi) is 9.69. The number of hydrogen-bond acceptors (Lipinski definition) is 1. The van der Waals surface area contributed by atoms with Crippen LogP contribution in [0.2, 0.25) is 0 Å². The van der Waals surface area contributed by atoms with E-state index in [1.165, 1.54) is 51.6 Å². The first-order valence-corrected chi connectivity index (χ1v) is 8.39. The van der Waals surface area contributed by atoms with E-state index in [4.69, 9.17) is 0 Å². The van der Waals surface area contributed by atoms with Gasteiger partial charge < -0.3 is 14.1 Å². The van der Waals surface area contributed by atoms with E-state index in [9.17, 15) is 5.11 Å². The van der Waals surface area contributed by atoms with Crippen LogP contribution in [-0.2, 0) is 0 Å². The quantitative estimate of drug-likeness (QED) is 0.432. The van der Waals surface area contributed by atoms with Gasteiger partial charge in [0, 0.05) is 0 Å². The summed E-state index contributed by atoms with van der Waals surface area (Å²) in [6.45, 7) is 2.47. The number of hydrogen-bond donors (Lipinski definition) is 1. The summed E-state index contributed by atoms with van der Waals surface area (Å²) in [4.78, 5) is 0. The highest BCUT2D eigenvalue weighted by atomic mass is 16.3. The van der Waals surface area contributed by atoms with Crippen LogP contribution in [0.5, 0.6) is 0 Å². The number of aliphatic hydroxyl groups is 1. The van der Waals surface area contributed by atoms with Gasteiger partial charge in [0.1, 0.15) is 0 Å². The van der Waals surface area contributed by atoms with Crippen molar-refractivity contribution >= 4 is 0 Å². The van der Waals surface area contributed by atoms with Gasteiger partial charge in [-0.1, -0.05) is 12.8 Å². The molecule has 0 aromatic carbocycles. The van der Waals surface area contributed by atoms with E-state index in [0.717, 1.165) is 21.8 Å². The molecule has 0 aromatic rings. The molecule has 20 heavy (non-hydrogen) atoms. The third-order valence-electron chi connectivity index (χ3n) is 3.73. The van der Waals surface area contributed by atoms with Crippen LogP contribution in [0, 0.1) is 0 Å². The van der Waals surface area contributed by atoms with Crippen LogP contribution < -0.4 is 0 Å². The molecular formula is C17H40N2O+2. The normalized spacial score (nSPS) is 13.2. The van der Waals surface area contributed by atoms with Crippen LogP contribution in [0.4, 0.5) is 0 Å². The van der Waals surface area contributed by atoms with E-state index < -0.39 is 0 Å². The Morgan fingerprint density at radius 3 is 1.25 bits per heavy atom. The maximum Gasteiger partial charge on any atom is 0.0780 e. The molecule has 0 saturated carbocycles. The summed E-state index contributed by atoms with van der Waals surface area (Å²) in [6, 6.07) is 0. The lowest BCUT2D eigenvalue weighted by Gasteiger charge is -2.24. The molecule has 0 aliphatic carbocycles.